The van der Waals surface area contributed by atoms with E-state index in [1.807, 2.05) is 6.07 Å². The molecule has 228 valence electrons. The number of nitriles is 1. The number of β-lactam (4-membered cyclic amide) rings is 1. The molecule has 1 aromatic heterocycles. The minimum Gasteiger partial charge on any atom is -0.479 e. The first-order chi connectivity index (χ1) is 20.0. The fourth-order valence-electron chi connectivity index (χ4n) is 4.28. The molecule has 5 unspecified atom stereocenters. The molecule has 1 aromatic rings. The number of thioether (sulfide) groups is 3. The van der Waals surface area contributed by atoms with Crippen molar-refractivity contribution in [2.24, 2.45) is 7.05 Å². The Morgan fingerprint density at radius 3 is 2.64 bits per heavy atom. The lowest BCUT2D eigenvalue weighted by Crippen LogP contribution is -2.81. The van der Waals surface area contributed by atoms with Crippen molar-refractivity contribution in [2.75, 3.05) is 30.1 Å². The number of amides is 2. The van der Waals surface area contributed by atoms with Gasteiger partial charge in [-0.2, -0.15) is 5.26 Å². The van der Waals surface area contributed by atoms with E-state index in [-0.39, 0.29) is 28.7 Å². The zero-order chi connectivity index (χ0) is 30.8. The van der Waals surface area contributed by atoms with Crippen molar-refractivity contribution in [1.82, 2.24) is 30.4 Å². The quantitative estimate of drug-likeness (QED) is 0.0516. The van der Waals surface area contributed by atoms with Crippen LogP contribution in [0.4, 0.5) is 0 Å². The molecule has 0 aliphatic carbocycles. The van der Waals surface area contributed by atoms with Gasteiger partial charge in [-0.15, -0.1) is 28.6 Å². The van der Waals surface area contributed by atoms with Crippen LogP contribution in [-0.2, 0) is 40.4 Å². The lowest BCUT2D eigenvalue weighted by atomic mass is 9.98. The average molecular weight is 648 g/mol. The van der Waals surface area contributed by atoms with Crippen LogP contribution >= 0.6 is 35.3 Å². The molecule has 2 fully saturated rings. The highest BCUT2D eigenvalue weighted by Crippen LogP contribution is 2.47. The molecule has 0 spiro atoms. The number of hydrogen-bond acceptors (Lipinski definition) is 17. The topological polar surface area (TPSA) is 260 Å². The van der Waals surface area contributed by atoms with Gasteiger partial charge < -0.3 is 40.0 Å². The normalized spacial score (nSPS) is 30.7. The summed E-state index contributed by atoms with van der Waals surface area (Å²) < 4.78 is 17.2. The van der Waals surface area contributed by atoms with Gasteiger partial charge in [-0.1, -0.05) is 11.8 Å². The van der Waals surface area contributed by atoms with Crippen LogP contribution in [0.5, 0.6) is 0 Å². The molecular formula is C21H25N7O11S3. The van der Waals surface area contributed by atoms with Gasteiger partial charge in [-0.05, 0) is 16.0 Å². The van der Waals surface area contributed by atoms with E-state index in [0.717, 1.165) is 28.4 Å². The van der Waals surface area contributed by atoms with Gasteiger partial charge >= 0.3 is 11.9 Å². The Kier molecular flexibility index (Phi) is 9.99. The van der Waals surface area contributed by atoms with E-state index in [0.29, 0.717) is 10.7 Å². The van der Waals surface area contributed by atoms with Crippen LogP contribution in [0.25, 0.3) is 0 Å². The van der Waals surface area contributed by atoms with E-state index in [2.05, 4.69) is 20.8 Å². The number of nitrogens with one attached hydrogen (secondary N) is 1. The van der Waals surface area contributed by atoms with Crippen molar-refractivity contribution in [2.45, 2.75) is 47.0 Å². The molecule has 2 amide bonds. The van der Waals surface area contributed by atoms with Gasteiger partial charge in [0.25, 0.3) is 11.6 Å². The number of aliphatic hydroxyl groups excluding tert-OH is 3. The Hall–Kier alpha value is -2.97. The SMILES string of the molecule is CO[C@@]1(NC(=O)CSCC#N)C(=O)N2C(C(=O)OC3OC(C(=O)O)C(O)C(O)C3O)=C(CSc3nnnn3C)CS[C@@H]21. The third-order valence-corrected chi connectivity index (χ3v) is 9.61. The second-order valence-electron chi connectivity index (χ2n) is 8.94. The lowest BCUT2D eigenvalue weighted by Gasteiger charge is -2.56. The Morgan fingerprint density at radius 1 is 1.29 bits per heavy atom. The molecule has 2 saturated heterocycles. The third kappa shape index (κ3) is 5.93. The van der Waals surface area contributed by atoms with Gasteiger partial charge in [0.2, 0.25) is 17.4 Å². The molecule has 0 radical (unpaired) electrons. The summed E-state index contributed by atoms with van der Waals surface area (Å²) in [5, 5.41) is 61.6. The number of carboxylic acid groups (broad SMARTS) is 1. The summed E-state index contributed by atoms with van der Waals surface area (Å²) in [6.07, 6.45) is -10.1. The number of aromatic nitrogens is 4. The van der Waals surface area contributed by atoms with Crippen molar-refractivity contribution >= 4 is 59.0 Å². The molecule has 4 heterocycles. The maximum absolute atomic E-state index is 13.6. The molecule has 0 aromatic carbocycles. The smallest absolute Gasteiger partial charge is 0.357 e. The molecule has 18 nitrogen and oxygen atoms in total. The van der Waals surface area contributed by atoms with Crippen LogP contribution in [0.15, 0.2) is 16.4 Å². The van der Waals surface area contributed by atoms with Crippen LogP contribution < -0.4 is 5.32 Å². The molecule has 0 saturated carbocycles. The van der Waals surface area contributed by atoms with Gasteiger partial charge in [0.15, 0.2) is 6.10 Å². The fourth-order valence-corrected chi connectivity index (χ4v) is 7.16. The molecule has 42 heavy (non-hydrogen) atoms. The first-order valence-corrected chi connectivity index (χ1v) is 15.1. The van der Waals surface area contributed by atoms with Gasteiger partial charge in [0.05, 0.1) is 17.6 Å². The van der Waals surface area contributed by atoms with Crippen LogP contribution in [0.1, 0.15) is 0 Å². The molecule has 3 aliphatic rings. The number of fused-ring (bicyclic) bond motifs is 1. The Balaban J connectivity index is 1.62. The van der Waals surface area contributed by atoms with E-state index < -0.39 is 65.6 Å². The number of esters is 1. The summed E-state index contributed by atoms with van der Waals surface area (Å²) in [6, 6.07) is 1.89. The number of aliphatic hydroxyl groups is 3. The van der Waals surface area contributed by atoms with E-state index >= 15 is 0 Å². The summed E-state index contributed by atoms with van der Waals surface area (Å²) in [7, 11) is 2.80. The number of hydrogen-bond donors (Lipinski definition) is 5. The second kappa shape index (κ2) is 13.1. The van der Waals surface area contributed by atoms with Gasteiger partial charge in [-0.3, -0.25) is 14.5 Å². The van der Waals surface area contributed by atoms with Gasteiger partial charge in [0.1, 0.15) is 29.4 Å². The number of aryl methyl sites for hydroxylation is 1. The molecular weight excluding hydrogens is 622 g/mol. The molecule has 3 aliphatic heterocycles. The largest absolute Gasteiger partial charge is 0.479 e. The molecule has 21 heteroatoms. The van der Waals surface area contributed by atoms with Crippen LogP contribution in [0, 0.1) is 11.3 Å². The third-order valence-electron chi connectivity index (χ3n) is 6.34. The first-order valence-electron chi connectivity index (χ1n) is 11.9. The van der Waals surface area contributed by atoms with Crippen molar-refractivity contribution in [1.29, 1.82) is 5.26 Å². The summed E-state index contributed by atoms with van der Waals surface area (Å²) >= 11 is 3.35. The highest BCUT2D eigenvalue weighted by molar-refractivity contribution is 8.01. The number of carbonyl (C=O) groups is 4. The van der Waals surface area contributed by atoms with E-state index in [1.54, 1.807) is 7.05 Å². The van der Waals surface area contributed by atoms with Crippen LogP contribution in [-0.4, -0.2) is 141 Å². The Bertz CT molecular complexity index is 1320. The second-order valence-corrected chi connectivity index (χ2v) is 11.9. The fraction of sp³-hybridized carbons (Fsp3) is 0.619. The van der Waals surface area contributed by atoms with Crippen LogP contribution in [0.2, 0.25) is 0 Å². The minimum atomic E-state index is -2.03. The monoisotopic (exact) mass is 647 g/mol. The number of rotatable bonds is 11. The number of ether oxygens (including phenoxy) is 3. The highest BCUT2D eigenvalue weighted by Gasteiger charge is 2.67. The molecule has 7 atom stereocenters. The number of carbonyl (C=O) groups excluding carboxylic acids is 3. The number of carboxylic acids is 1. The number of aliphatic carboxylic acids is 1. The number of methoxy groups -OCH3 is 1. The van der Waals surface area contributed by atoms with Gasteiger partial charge in [0, 0.05) is 25.7 Å². The van der Waals surface area contributed by atoms with E-state index in [4.69, 9.17) is 19.5 Å². The summed E-state index contributed by atoms with van der Waals surface area (Å²) in [5.74, 6) is -4.14. The minimum absolute atomic E-state index is 0.0516. The average Bonchev–Trinajstić information content (AvgIpc) is 3.38. The van der Waals surface area contributed by atoms with Crippen molar-refractivity contribution in [3.63, 3.8) is 0 Å². The zero-order valence-electron chi connectivity index (χ0n) is 21.8. The summed E-state index contributed by atoms with van der Waals surface area (Å²) in [4.78, 5) is 52.2. The van der Waals surface area contributed by atoms with Crippen molar-refractivity contribution in [3.05, 3.63) is 11.3 Å². The first kappa shape index (κ1) is 32.0. The standard InChI is InChI=1S/C21H25N7O11S3/c1-27-20(24-25-26-27)42-6-8-5-41-19-21(37-2,23-9(29)7-40-4-3-22)18(36)28(19)10(8)16(35)39-17-13(32)11(30)12(31)14(38-17)15(33)34/h11-14,17,19,30-32H,4-7H2,1-2H3,(H,23,29)(H,33,34)/t11?,12?,13?,14?,17?,19-,21+/m1/s1. The maximum Gasteiger partial charge on any atom is 0.357 e. The predicted molar refractivity (Wildman–Crippen MR) is 141 cm³/mol. The lowest BCUT2D eigenvalue weighted by molar-refractivity contribution is -0.285. The summed E-state index contributed by atoms with van der Waals surface area (Å²) in [5.41, 5.74) is -1.76. The molecule has 0 bridgehead atoms. The van der Waals surface area contributed by atoms with E-state index in [9.17, 15) is 39.6 Å². The highest BCUT2D eigenvalue weighted by atomic mass is 32.2. The molecule has 5 N–H and O–H groups in total. The number of tetrazole rings is 1. The predicted octanol–water partition coefficient (Wildman–Crippen LogP) is -3.38. The maximum atomic E-state index is 13.6. The zero-order valence-corrected chi connectivity index (χ0v) is 24.3. The number of nitrogens with zero attached hydrogens (tertiary/aromatic N) is 6. The van der Waals surface area contributed by atoms with Gasteiger partial charge in [-0.25, -0.2) is 14.3 Å². The Labute approximate surface area is 249 Å². The van der Waals surface area contributed by atoms with Crippen molar-refractivity contribution < 1.29 is 53.8 Å². The van der Waals surface area contributed by atoms with E-state index in [1.165, 1.54) is 23.6 Å². The Morgan fingerprint density at radius 2 is 2.02 bits per heavy atom. The van der Waals surface area contributed by atoms with Crippen molar-refractivity contribution in [3.8, 4) is 6.07 Å². The summed E-state index contributed by atoms with van der Waals surface area (Å²) in [6.45, 7) is 0. The van der Waals surface area contributed by atoms with Crippen LogP contribution in [0.3, 0.4) is 0 Å². The molecule has 4 rings (SSSR count).